The summed E-state index contributed by atoms with van der Waals surface area (Å²) in [6.07, 6.45) is 3.23. The summed E-state index contributed by atoms with van der Waals surface area (Å²) in [7, 11) is 1.32. The van der Waals surface area contributed by atoms with Crippen LogP contribution in [0.3, 0.4) is 0 Å². The third-order valence-electron chi connectivity index (χ3n) is 2.94. The standard InChI is InChI=1S/C11H13NO4/c1-16-11(15)8-3-2-5-12-6-4-7(9(8)12)10(13)14/h4,6,8H,2-3,5H2,1H3,(H,13,14). The van der Waals surface area contributed by atoms with Crippen molar-refractivity contribution in [2.45, 2.75) is 25.3 Å². The SMILES string of the molecule is COC(=O)C1CCCn2ccc(C(=O)O)c21. The van der Waals surface area contributed by atoms with Gasteiger partial charge in [0.15, 0.2) is 0 Å². The molecular weight excluding hydrogens is 210 g/mol. The number of methoxy groups -OCH3 is 1. The van der Waals surface area contributed by atoms with Gasteiger partial charge in [-0.15, -0.1) is 0 Å². The van der Waals surface area contributed by atoms with E-state index in [1.54, 1.807) is 12.3 Å². The third-order valence-corrected chi connectivity index (χ3v) is 2.94. The second kappa shape index (κ2) is 4.00. The van der Waals surface area contributed by atoms with Gasteiger partial charge < -0.3 is 14.4 Å². The maximum Gasteiger partial charge on any atom is 0.337 e. The molecule has 0 bridgehead atoms. The first-order chi connectivity index (χ1) is 7.65. The van der Waals surface area contributed by atoms with E-state index in [0.29, 0.717) is 12.1 Å². The summed E-state index contributed by atoms with van der Waals surface area (Å²) >= 11 is 0. The predicted octanol–water partition coefficient (Wildman–Crippen LogP) is 1.24. The quantitative estimate of drug-likeness (QED) is 0.766. The fourth-order valence-corrected chi connectivity index (χ4v) is 2.22. The van der Waals surface area contributed by atoms with Crippen LogP contribution in [0.1, 0.15) is 34.8 Å². The van der Waals surface area contributed by atoms with E-state index >= 15 is 0 Å². The van der Waals surface area contributed by atoms with Crippen LogP contribution in [0.25, 0.3) is 0 Å². The fraction of sp³-hybridized carbons (Fsp3) is 0.455. The number of carbonyl (C=O) groups excluding carboxylic acids is 1. The van der Waals surface area contributed by atoms with Crippen LogP contribution >= 0.6 is 0 Å². The Morgan fingerprint density at radius 1 is 1.56 bits per heavy atom. The van der Waals surface area contributed by atoms with Crippen LogP contribution in [0.5, 0.6) is 0 Å². The van der Waals surface area contributed by atoms with Gasteiger partial charge in [-0.2, -0.15) is 0 Å². The van der Waals surface area contributed by atoms with E-state index in [1.165, 1.54) is 7.11 Å². The number of hydrogen-bond acceptors (Lipinski definition) is 3. The number of rotatable bonds is 2. The van der Waals surface area contributed by atoms with Gasteiger partial charge in [-0.25, -0.2) is 4.79 Å². The highest BCUT2D eigenvalue weighted by Crippen LogP contribution is 2.31. The molecule has 5 nitrogen and oxygen atoms in total. The van der Waals surface area contributed by atoms with Gasteiger partial charge in [0.1, 0.15) is 0 Å². The molecule has 1 aliphatic rings. The summed E-state index contributed by atoms with van der Waals surface area (Å²) < 4.78 is 6.53. The van der Waals surface area contributed by atoms with Crippen molar-refractivity contribution in [2.24, 2.45) is 0 Å². The largest absolute Gasteiger partial charge is 0.478 e. The van der Waals surface area contributed by atoms with E-state index < -0.39 is 11.9 Å². The number of fused-ring (bicyclic) bond motifs is 1. The molecule has 0 fully saturated rings. The number of carboxylic acid groups (broad SMARTS) is 1. The summed E-state index contributed by atoms with van der Waals surface area (Å²) in [6.45, 7) is 0.760. The van der Waals surface area contributed by atoms with Gasteiger partial charge >= 0.3 is 11.9 Å². The molecule has 0 aliphatic carbocycles. The van der Waals surface area contributed by atoms with Crippen molar-refractivity contribution in [3.63, 3.8) is 0 Å². The molecule has 0 amide bonds. The van der Waals surface area contributed by atoms with Gasteiger partial charge in [-0.3, -0.25) is 4.79 Å². The fourth-order valence-electron chi connectivity index (χ4n) is 2.22. The van der Waals surface area contributed by atoms with E-state index in [-0.39, 0.29) is 11.5 Å². The molecule has 86 valence electrons. The van der Waals surface area contributed by atoms with Crippen molar-refractivity contribution in [3.05, 3.63) is 23.5 Å². The second-order valence-electron chi connectivity index (χ2n) is 3.83. The Bertz CT molecular complexity index is 435. The summed E-state index contributed by atoms with van der Waals surface area (Å²) in [5.74, 6) is -1.80. The Balaban J connectivity index is 2.46. The maximum atomic E-state index is 11.6. The zero-order valence-electron chi connectivity index (χ0n) is 8.97. The molecule has 2 heterocycles. The first-order valence-corrected chi connectivity index (χ1v) is 5.15. The molecule has 0 saturated carbocycles. The lowest BCUT2D eigenvalue weighted by atomic mass is 9.93. The molecule has 0 aromatic carbocycles. The van der Waals surface area contributed by atoms with E-state index in [4.69, 9.17) is 9.84 Å². The van der Waals surface area contributed by atoms with Gasteiger partial charge in [-0.1, -0.05) is 0 Å². The minimum Gasteiger partial charge on any atom is -0.478 e. The van der Waals surface area contributed by atoms with Gasteiger partial charge in [-0.05, 0) is 18.9 Å². The minimum atomic E-state index is -0.996. The molecule has 0 spiro atoms. The van der Waals surface area contributed by atoms with E-state index in [9.17, 15) is 9.59 Å². The molecule has 2 rings (SSSR count). The first-order valence-electron chi connectivity index (χ1n) is 5.15. The van der Waals surface area contributed by atoms with Crippen LogP contribution in [0.2, 0.25) is 0 Å². The minimum absolute atomic E-state index is 0.204. The second-order valence-corrected chi connectivity index (χ2v) is 3.83. The van der Waals surface area contributed by atoms with Crippen molar-refractivity contribution < 1.29 is 19.4 Å². The predicted molar refractivity (Wildman–Crippen MR) is 55.4 cm³/mol. The summed E-state index contributed by atoms with van der Waals surface area (Å²) in [5, 5.41) is 9.04. The van der Waals surface area contributed by atoms with Crippen molar-refractivity contribution in [1.82, 2.24) is 4.57 Å². The lowest BCUT2D eigenvalue weighted by Gasteiger charge is -2.23. The van der Waals surface area contributed by atoms with Crippen molar-refractivity contribution in [2.75, 3.05) is 7.11 Å². The Kier molecular flexibility index (Phi) is 2.68. The maximum absolute atomic E-state index is 11.6. The normalized spacial score (nSPS) is 18.9. The number of aromatic nitrogens is 1. The van der Waals surface area contributed by atoms with Crippen molar-refractivity contribution in [1.29, 1.82) is 0 Å². The summed E-state index contributed by atoms with van der Waals surface area (Å²) in [4.78, 5) is 22.6. The Morgan fingerprint density at radius 2 is 2.31 bits per heavy atom. The van der Waals surface area contributed by atoms with Crippen LogP contribution in [0, 0.1) is 0 Å². The molecule has 1 aromatic heterocycles. The zero-order valence-corrected chi connectivity index (χ0v) is 8.97. The summed E-state index contributed by atoms with van der Waals surface area (Å²) in [6, 6.07) is 1.54. The smallest absolute Gasteiger partial charge is 0.337 e. The Morgan fingerprint density at radius 3 is 2.94 bits per heavy atom. The number of aromatic carboxylic acids is 1. The summed E-state index contributed by atoms with van der Waals surface area (Å²) in [5.41, 5.74) is 0.778. The van der Waals surface area contributed by atoms with Gasteiger partial charge in [0.05, 0.1) is 18.6 Å². The lowest BCUT2D eigenvalue weighted by molar-refractivity contribution is -0.143. The van der Waals surface area contributed by atoms with Crippen LogP contribution in [-0.4, -0.2) is 28.7 Å². The van der Waals surface area contributed by atoms with Gasteiger partial charge in [0.2, 0.25) is 0 Å². The lowest BCUT2D eigenvalue weighted by Crippen LogP contribution is -2.24. The van der Waals surface area contributed by atoms with Gasteiger partial charge in [0.25, 0.3) is 0 Å². The van der Waals surface area contributed by atoms with E-state index in [1.807, 2.05) is 4.57 Å². The van der Waals surface area contributed by atoms with Crippen LogP contribution < -0.4 is 0 Å². The molecule has 1 aromatic rings. The number of carbonyl (C=O) groups is 2. The molecule has 1 N–H and O–H groups in total. The third kappa shape index (κ3) is 1.58. The van der Waals surface area contributed by atoms with Crippen LogP contribution in [0.4, 0.5) is 0 Å². The van der Waals surface area contributed by atoms with Crippen molar-refractivity contribution >= 4 is 11.9 Å². The average molecular weight is 223 g/mol. The number of esters is 1. The first kappa shape index (κ1) is 10.7. The molecule has 1 atom stereocenters. The van der Waals surface area contributed by atoms with Crippen LogP contribution in [0.15, 0.2) is 12.3 Å². The highest BCUT2D eigenvalue weighted by Gasteiger charge is 2.31. The molecule has 5 heteroatoms. The number of hydrogen-bond donors (Lipinski definition) is 1. The number of nitrogens with zero attached hydrogens (tertiary/aromatic N) is 1. The van der Waals surface area contributed by atoms with E-state index in [2.05, 4.69) is 0 Å². The Hall–Kier alpha value is -1.78. The molecule has 1 unspecified atom stereocenters. The monoisotopic (exact) mass is 223 g/mol. The zero-order chi connectivity index (χ0) is 11.7. The number of aryl methyl sites for hydroxylation is 1. The van der Waals surface area contributed by atoms with E-state index in [0.717, 1.165) is 13.0 Å². The Labute approximate surface area is 92.6 Å². The topological polar surface area (TPSA) is 68.5 Å². The van der Waals surface area contributed by atoms with Crippen LogP contribution in [-0.2, 0) is 16.1 Å². The highest BCUT2D eigenvalue weighted by molar-refractivity contribution is 5.92. The van der Waals surface area contributed by atoms with Crippen molar-refractivity contribution in [3.8, 4) is 0 Å². The van der Waals surface area contributed by atoms with Gasteiger partial charge in [0, 0.05) is 18.4 Å². The molecular formula is C11H13NO4. The molecule has 16 heavy (non-hydrogen) atoms. The molecule has 0 radical (unpaired) electrons. The molecule has 1 aliphatic heterocycles. The highest BCUT2D eigenvalue weighted by atomic mass is 16.5. The average Bonchev–Trinajstić information content (AvgIpc) is 2.71. The number of carboxylic acids is 1. The number of ether oxygens (including phenoxy) is 1. The molecule has 0 saturated heterocycles.